The van der Waals surface area contributed by atoms with Crippen molar-refractivity contribution in [3.8, 4) is 5.69 Å². The number of fused-ring (bicyclic) bond motifs is 2. The molecule has 0 bridgehead atoms. The summed E-state index contributed by atoms with van der Waals surface area (Å²) in [5.74, 6) is 1.90. The molecule has 1 amide bonds. The highest BCUT2D eigenvalue weighted by atomic mass is 16.2. The fourth-order valence-corrected chi connectivity index (χ4v) is 6.84. The van der Waals surface area contributed by atoms with Crippen molar-refractivity contribution < 1.29 is 9.90 Å². The van der Waals surface area contributed by atoms with Crippen molar-refractivity contribution in [2.24, 2.45) is 17.6 Å². The molecule has 2 aliphatic rings. The van der Waals surface area contributed by atoms with Crippen LogP contribution < -0.4 is 5.73 Å². The minimum atomic E-state index is -0.530. The maximum absolute atomic E-state index is 11.6. The number of carbonyl (C=O) groups is 1. The number of rotatable bonds is 8. The van der Waals surface area contributed by atoms with Crippen LogP contribution in [-0.2, 0) is 13.0 Å². The van der Waals surface area contributed by atoms with E-state index < -0.39 is 5.91 Å². The van der Waals surface area contributed by atoms with Crippen LogP contribution in [0.2, 0.25) is 0 Å². The van der Waals surface area contributed by atoms with E-state index in [-0.39, 0.29) is 12.3 Å². The summed E-state index contributed by atoms with van der Waals surface area (Å²) in [4.78, 5) is 14.1. The number of aliphatic hydroxyl groups is 1. The maximum atomic E-state index is 11.6. The molecule has 1 saturated heterocycles. The quantitative estimate of drug-likeness (QED) is 0.370. The minimum Gasteiger partial charge on any atom is -0.396 e. The summed E-state index contributed by atoms with van der Waals surface area (Å²) in [7, 11) is 2.25. The number of aryl methyl sites for hydroxylation is 2. The second kappa shape index (κ2) is 10.0. The monoisotopic (exact) mass is 511 g/mol. The molecule has 1 saturated carbocycles. The van der Waals surface area contributed by atoms with Crippen LogP contribution in [0, 0.1) is 18.8 Å². The Morgan fingerprint density at radius 3 is 2.47 bits per heavy atom. The van der Waals surface area contributed by atoms with Crippen LogP contribution in [0.1, 0.15) is 58.1 Å². The van der Waals surface area contributed by atoms with Crippen LogP contribution in [-0.4, -0.2) is 57.0 Å². The van der Waals surface area contributed by atoms with Crippen molar-refractivity contribution in [3.05, 3.63) is 82.8 Å². The number of aliphatic hydroxyl groups excluding tert-OH is 1. The molecule has 3 N–H and O–H groups in total. The molecule has 3 heterocycles. The fraction of sp³-hybridized carbons (Fsp3) is 0.419. The average molecular weight is 512 g/mol. The molecule has 1 aliphatic carbocycles. The molecule has 38 heavy (non-hydrogen) atoms. The smallest absolute Gasteiger partial charge is 0.269 e. The summed E-state index contributed by atoms with van der Waals surface area (Å²) >= 11 is 0. The molecule has 0 spiro atoms. The lowest BCUT2D eigenvalue weighted by atomic mass is 9.95. The van der Waals surface area contributed by atoms with Gasteiger partial charge in [0.1, 0.15) is 0 Å². The van der Waals surface area contributed by atoms with E-state index >= 15 is 0 Å². The van der Waals surface area contributed by atoms with Gasteiger partial charge in [0.15, 0.2) is 5.69 Å². The van der Waals surface area contributed by atoms with Crippen molar-refractivity contribution in [1.82, 2.24) is 19.2 Å². The van der Waals surface area contributed by atoms with Crippen LogP contribution in [0.5, 0.6) is 0 Å². The molecule has 2 fully saturated rings. The van der Waals surface area contributed by atoms with Crippen molar-refractivity contribution in [2.45, 2.75) is 45.1 Å². The zero-order valence-electron chi connectivity index (χ0n) is 22.3. The van der Waals surface area contributed by atoms with Gasteiger partial charge in [0.05, 0.1) is 5.69 Å². The van der Waals surface area contributed by atoms with Crippen LogP contribution in [0.4, 0.5) is 0 Å². The van der Waals surface area contributed by atoms with Gasteiger partial charge >= 0.3 is 0 Å². The van der Waals surface area contributed by atoms with Gasteiger partial charge in [0.2, 0.25) is 0 Å². The minimum absolute atomic E-state index is 0.160. The largest absolute Gasteiger partial charge is 0.396 e. The van der Waals surface area contributed by atoms with Crippen LogP contribution in [0.3, 0.4) is 0 Å². The van der Waals surface area contributed by atoms with Crippen LogP contribution in [0.25, 0.3) is 16.6 Å². The van der Waals surface area contributed by atoms with E-state index in [2.05, 4.69) is 64.2 Å². The Kier molecular flexibility index (Phi) is 6.58. The molecule has 0 radical (unpaired) electrons. The van der Waals surface area contributed by atoms with Gasteiger partial charge in [-0.3, -0.25) is 4.79 Å². The van der Waals surface area contributed by atoms with Crippen molar-refractivity contribution in [3.63, 3.8) is 0 Å². The Morgan fingerprint density at radius 1 is 1.08 bits per heavy atom. The lowest BCUT2D eigenvalue weighted by Gasteiger charge is -2.15. The molecule has 6 rings (SSSR count). The van der Waals surface area contributed by atoms with E-state index in [1.807, 2.05) is 13.0 Å². The number of benzene rings is 2. The van der Waals surface area contributed by atoms with Crippen molar-refractivity contribution in [1.29, 1.82) is 0 Å². The summed E-state index contributed by atoms with van der Waals surface area (Å²) in [6.07, 6.45) is 6.38. The lowest BCUT2D eigenvalue weighted by Crippen LogP contribution is -2.16. The summed E-state index contributed by atoms with van der Waals surface area (Å²) in [6.45, 7) is 5.39. The number of primary amides is 1. The number of nitrogens with zero attached hydrogens (tertiary/aromatic N) is 4. The Balaban J connectivity index is 1.26. The Morgan fingerprint density at radius 2 is 1.82 bits per heavy atom. The van der Waals surface area contributed by atoms with E-state index in [1.54, 1.807) is 10.7 Å². The van der Waals surface area contributed by atoms with Gasteiger partial charge < -0.3 is 20.3 Å². The van der Waals surface area contributed by atoms with Crippen molar-refractivity contribution >= 4 is 16.8 Å². The second-order valence-electron chi connectivity index (χ2n) is 11.4. The summed E-state index contributed by atoms with van der Waals surface area (Å²) < 4.78 is 4.07. The van der Waals surface area contributed by atoms with Gasteiger partial charge in [-0.1, -0.05) is 24.3 Å². The third-order valence-electron chi connectivity index (χ3n) is 8.67. The molecule has 198 valence electrons. The predicted octanol–water partition coefficient (Wildman–Crippen LogP) is 4.26. The third kappa shape index (κ3) is 4.65. The first-order valence-electron chi connectivity index (χ1n) is 13.8. The van der Waals surface area contributed by atoms with E-state index in [0.29, 0.717) is 12.3 Å². The second-order valence-corrected chi connectivity index (χ2v) is 11.4. The number of amides is 1. The van der Waals surface area contributed by atoms with E-state index in [9.17, 15) is 9.90 Å². The van der Waals surface area contributed by atoms with E-state index in [4.69, 9.17) is 5.73 Å². The number of hydrogen-bond acceptors (Lipinski definition) is 4. The molecule has 4 aromatic rings. The average Bonchev–Trinajstić information content (AvgIpc) is 3.65. The first-order valence-corrected chi connectivity index (χ1v) is 13.8. The van der Waals surface area contributed by atoms with E-state index in [0.717, 1.165) is 47.1 Å². The Labute approximate surface area is 223 Å². The lowest BCUT2D eigenvalue weighted by molar-refractivity contribution is 0.0995. The van der Waals surface area contributed by atoms with Crippen LogP contribution >= 0.6 is 0 Å². The number of aromatic nitrogens is 3. The summed E-state index contributed by atoms with van der Waals surface area (Å²) in [5, 5.41) is 15.0. The third-order valence-corrected chi connectivity index (χ3v) is 8.67. The zero-order valence-corrected chi connectivity index (χ0v) is 22.3. The van der Waals surface area contributed by atoms with E-state index in [1.165, 1.54) is 42.6 Å². The normalized spacial score (nSPS) is 21.4. The molecule has 1 unspecified atom stereocenters. The summed E-state index contributed by atoms with van der Waals surface area (Å²) in [6, 6.07) is 17.3. The summed E-state index contributed by atoms with van der Waals surface area (Å²) in [5.41, 5.74) is 12.6. The van der Waals surface area contributed by atoms with Gasteiger partial charge in [0.25, 0.3) is 5.91 Å². The highest BCUT2D eigenvalue weighted by Crippen LogP contribution is 2.45. The Bertz CT molecular complexity index is 1450. The topological polar surface area (TPSA) is 89.3 Å². The van der Waals surface area contributed by atoms with Gasteiger partial charge in [-0.2, -0.15) is 5.10 Å². The number of nitrogens with two attached hydrogens (primary N) is 1. The van der Waals surface area contributed by atoms with Crippen LogP contribution in [0.15, 0.2) is 54.7 Å². The SMILES string of the molecule is Cc1cc(C(N)=O)nn1-c1ccc2c(c1)c(CCCO)cn2Cc1ccc(C2C[C@@H]3CN(C)C[C@@H]3C2)cc1. The molecule has 7 nitrogen and oxygen atoms in total. The highest BCUT2D eigenvalue weighted by Gasteiger charge is 2.39. The Hall–Kier alpha value is -3.42. The maximum Gasteiger partial charge on any atom is 0.269 e. The molecule has 7 heteroatoms. The first-order chi connectivity index (χ1) is 18.4. The standard InChI is InChI=1S/C31H37N5O2/c1-20-12-29(31(32)38)33-36(20)27-9-10-30-28(15-27)23(4-3-11-37)19-35(30)16-21-5-7-22(8-6-21)24-13-25-17-34(2)18-26(25)14-24/h5-10,12,15,19,24-26,37H,3-4,11,13-14,16-18H2,1-2H3,(H2,32,38)/t24?,25-,26+. The van der Waals surface area contributed by atoms with Gasteiger partial charge in [-0.15, -0.1) is 0 Å². The zero-order chi connectivity index (χ0) is 26.4. The first kappa shape index (κ1) is 24.9. The molecule has 2 aromatic heterocycles. The molecule has 2 aromatic carbocycles. The number of likely N-dealkylation sites (tertiary alicyclic amines) is 1. The van der Waals surface area contributed by atoms with Crippen molar-refractivity contribution in [2.75, 3.05) is 26.7 Å². The number of hydrogen-bond donors (Lipinski definition) is 2. The highest BCUT2D eigenvalue weighted by molar-refractivity contribution is 5.91. The molecular formula is C31H37N5O2. The van der Waals surface area contributed by atoms with Gasteiger partial charge in [-0.25, -0.2) is 4.68 Å². The molecule has 1 aliphatic heterocycles. The fourth-order valence-electron chi connectivity index (χ4n) is 6.84. The van der Waals surface area contributed by atoms with Gasteiger partial charge in [-0.05, 0) is 98.4 Å². The van der Waals surface area contributed by atoms with Gasteiger partial charge in [0, 0.05) is 49.0 Å². The molecule has 3 atom stereocenters. The number of carbonyl (C=O) groups excluding carboxylic acids is 1. The predicted molar refractivity (Wildman–Crippen MR) is 150 cm³/mol. The molecular weight excluding hydrogens is 474 g/mol.